The van der Waals surface area contributed by atoms with E-state index in [0.717, 1.165) is 31.4 Å². The SMILES string of the molecule is NC(Cc1ccc(F)cc1Cl)C1CCCCO1. The van der Waals surface area contributed by atoms with Crippen molar-refractivity contribution in [1.29, 1.82) is 0 Å². The van der Waals surface area contributed by atoms with Crippen LogP contribution < -0.4 is 5.73 Å². The van der Waals surface area contributed by atoms with Crippen LogP contribution in [-0.4, -0.2) is 18.8 Å². The van der Waals surface area contributed by atoms with Crippen molar-refractivity contribution in [2.24, 2.45) is 5.73 Å². The summed E-state index contributed by atoms with van der Waals surface area (Å²) in [4.78, 5) is 0. The van der Waals surface area contributed by atoms with Crippen LogP contribution in [0.25, 0.3) is 0 Å². The van der Waals surface area contributed by atoms with Gasteiger partial charge < -0.3 is 10.5 Å². The van der Waals surface area contributed by atoms with Gasteiger partial charge in [-0.05, 0) is 43.4 Å². The number of hydrogen-bond donors (Lipinski definition) is 1. The number of rotatable bonds is 3. The lowest BCUT2D eigenvalue weighted by atomic mass is 9.97. The molecule has 1 aliphatic heterocycles. The minimum Gasteiger partial charge on any atom is -0.377 e. The third-order valence-corrected chi connectivity index (χ3v) is 3.52. The van der Waals surface area contributed by atoms with Gasteiger partial charge in [0.05, 0.1) is 6.10 Å². The van der Waals surface area contributed by atoms with Gasteiger partial charge in [0, 0.05) is 17.7 Å². The fraction of sp³-hybridized carbons (Fsp3) is 0.538. The van der Waals surface area contributed by atoms with E-state index in [0.29, 0.717) is 11.4 Å². The zero-order valence-electron chi connectivity index (χ0n) is 9.66. The highest BCUT2D eigenvalue weighted by molar-refractivity contribution is 6.31. The average Bonchev–Trinajstić information content (AvgIpc) is 2.34. The van der Waals surface area contributed by atoms with E-state index in [9.17, 15) is 4.39 Å². The molecule has 4 heteroatoms. The molecule has 0 spiro atoms. The lowest BCUT2D eigenvalue weighted by Crippen LogP contribution is -2.40. The first-order valence-corrected chi connectivity index (χ1v) is 6.36. The van der Waals surface area contributed by atoms with Crippen molar-refractivity contribution < 1.29 is 9.13 Å². The minimum atomic E-state index is -0.318. The summed E-state index contributed by atoms with van der Waals surface area (Å²) >= 11 is 5.98. The van der Waals surface area contributed by atoms with Crippen LogP contribution in [-0.2, 0) is 11.2 Å². The maximum atomic E-state index is 12.9. The monoisotopic (exact) mass is 257 g/mol. The highest BCUT2D eigenvalue weighted by atomic mass is 35.5. The molecule has 1 aromatic rings. The average molecular weight is 258 g/mol. The first kappa shape index (κ1) is 12.8. The molecule has 0 radical (unpaired) electrons. The summed E-state index contributed by atoms with van der Waals surface area (Å²) in [7, 11) is 0. The molecule has 0 bridgehead atoms. The van der Waals surface area contributed by atoms with Gasteiger partial charge in [-0.1, -0.05) is 17.7 Å². The number of nitrogens with two attached hydrogens (primary N) is 1. The Bertz CT molecular complexity index is 380. The van der Waals surface area contributed by atoms with Crippen LogP contribution >= 0.6 is 11.6 Å². The third kappa shape index (κ3) is 3.41. The number of halogens is 2. The molecule has 1 aliphatic rings. The van der Waals surface area contributed by atoms with Crippen LogP contribution in [0.2, 0.25) is 5.02 Å². The van der Waals surface area contributed by atoms with Gasteiger partial charge in [-0.3, -0.25) is 0 Å². The lowest BCUT2D eigenvalue weighted by Gasteiger charge is -2.28. The Hall–Kier alpha value is -0.640. The molecule has 2 N–H and O–H groups in total. The summed E-state index contributed by atoms with van der Waals surface area (Å²) in [5.41, 5.74) is 6.99. The summed E-state index contributed by atoms with van der Waals surface area (Å²) < 4.78 is 18.5. The molecule has 2 unspecified atom stereocenters. The Morgan fingerprint density at radius 2 is 2.29 bits per heavy atom. The van der Waals surface area contributed by atoms with Crippen LogP contribution in [0.1, 0.15) is 24.8 Å². The van der Waals surface area contributed by atoms with Gasteiger partial charge >= 0.3 is 0 Å². The van der Waals surface area contributed by atoms with E-state index in [-0.39, 0.29) is 18.0 Å². The second kappa shape index (κ2) is 5.80. The Morgan fingerprint density at radius 1 is 1.47 bits per heavy atom. The molecule has 1 aromatic carbocycles. The van der Waals surface area contributed by atoms with Crippen molar-refractivity contribution in [3.63, 3.8) is 0 Å². The quantitative estimate of drug-likeness (QED) is 0.904. The molecule has 0 aliphatic carbocycles. The van der Waals surface area contributed by atoms with Gasteiger partial charge in [-0.25, -0.2) is 4.39 Å². The van der Waals surface area contributed by atoms with E-state index in [4.69, 9.17) is 22.1 Å². The van der Waals surface area contributed by atoms with Gasteiger partial charge in [-0.15, -0.1) is 0 Å². The molecule has 1 fully saturated rings. The second-order valence-electron chi connectivity index (χ2n) is 4.51. The van der Waals surface area contributed by atoms with E-state index >= 15 is 0 Å². The molecule has 2 atom stereocenters. The maximum Gasteiger partial charge on any atom is 0.124 e. The van der Waals surface area contributed by atoms with Gasteiger partial charge in [0.25, 0.3) is 0 Å². The van der Waals surface area contributed by atoms with E-state index in [1.807, 2.05) is 0 Å². The minimum absolute atomic E-state index is 0.0711. The van der Waals surface area contributed by atoms with Gasteiger partial charge in [-0.2, -0.15) is 0 Å². The van der Waals surface area contributed by atoms with E-state index in [2.05, 4.69) is 0 Å². The summed E-state index contributed by atoms with van der Waals surface area (Å²) in [5.74, 6) is -0.318. The first-order chi connectivity index (χ1) is 8.16. The zero-order chi connectivity index (χ0) is 12.3. The fourth-order valence-corrected chi connectivity index (χ4v) is 2.42. The molecular weight excluding hydrogens is 241 g/mol. The Kier molecular flexibility index (Phi) is 4.37. The molecule has 2 nitrogen and oxygen atoms in total. The summed E-state index contributed by atoms with van der Waals surface area (Å²) in [5, 5.41) is 0.441. The summed E-state index contributed by atoms with van der Waals surface area (Å²) in [6, 6.07) is 4.36. The highest BCUT2D eigenvalue weighted by Gasteiger charge is 2.22. The Labute approximate surface area is 106 Å². The Balaban J connectivity index is 1.99. The molecule has 0 aromatic heterocycles. The fourth-order valence-electron chi connectivity index (χ4n) is 2.18. The molecule has 0 amide bonds. The van der Waals surface area contributed by atoms with Crippen molar-refractivity contribution in [2.45, 2.75) is 37.8 Å². The van der Waals surface area contributed by atoms with Crippen LogP contribution in [0.3, 0.4) is 0 Å². The summed E-state index contributed by atoms with van der Waals surface area (Å²) in [6.07, 6.45) is 4.00. The number of ether oxygens (including phenoxy) is 1. The van der Waals surface area contributed by atoms with Crippen LogP contribution in [0.15, 0.2) is 18.2 Å². The summed E-state index contributed by atoms with van der Waals surface area (Å²) in [6.45, 7) is 0.787. The lowest BCUT2D eigenvalue weighted by molar-refractivity contribution is 0.000638. The largest absolute Gasteiger partial charge is 0.377 e. The third-order valence-electron chi connectivity index (χ3n) is 3.16. The predicted octanol–water partition coefficient (Wildman–Crippen LogP) is 2.92. The van der Waals surface area contributed by atoms with Crippen LogP contribution in [0.4, 0.5) is 4.39 Å². The van der Waals surface area contributed by atoms with Crippen LogP contribution in [0.5, 0.6) is 0 Å². The number of hydrogen-bond acceptors (Lipinski definition) is 2. The van der Waals surface area contributed by atoms with Crippen molar-refractivity contribution in [3.8, 4) is 0 Å². The molecular formula is C13H17ClFNO. The smallest absolute Gasteiger partial charge is 0.124 e. The molecule has 94 valence electrons. The topological polar surface area (TPSA) is 35.2 Å². The van der Waals surface area contributed by atoms with Crippen molar-refractivity contribution in [2.75, 3.05) is 6.61 Å². The molecule has 17 heavy (non-hydrogen) atoms. The molecule has 1 saturated heterocycles. The van der Waals surface area contributed by atoms with E-state index < -0.39 is 0 Å². The molecule has 0 saturated carbocycles. The Morgan fingerprint density at radius 3 is 2.94 bits per heavy atom. The van der Waals surface area contributed by atoms with Gasteiger partial charge in [0.2, 0.25) is 0 Å². The van der Waals surface area contributed by atoms with E-state index in [1.54, 1.807) is 6.07 Å². The number of benzene rings is 1. The van der Waals surface area contributed by atoms with Crippen LogP contribution in [0, 0.1) is 5.82 Å². The van der Waals surface area contributed by atoms with Crippen molar-refractivity contribution >= 4 is 11.6 Å². The predicted molar refractivity (Wildman–Crippen MR) is 66.7 cm³/mol. The normalized spacial score (nSPS) is 22.4. The molecule has 1 heterocycles. The standard InChI is InChI=1S/C13H17ClFNO/c14-11-8-10(15)5-4-9(11)7-12(16)13-3-1-2-6-17-13/h4-5,8,12-13H,1-3,6-7,16H2. The van der Waals surface area contributed by atoms with Gasteiger partial charge in [0.15, 0.2) is 0 Å². The van der Waals surface area contributed by atoms with Crippen molar-refractivity contribution in [3.05, 3.63) is 34.6 Å². The first-order valence-electron chi connectivity index (χ1n) is 5.98. The second-order valence-corrected chi connectivity index (χ2v) is 4.92. The van der Waals surface area contributed by atoms with E-state index in [1.165, 1.54) is 12.1 Å². The van der Waals surface area contributed by atoms with Crippen molar-refractivity contribution in [1.82, 2.24) is 0 Å². The maximum absolute atomic E-state index is 12.9. The zero-order valence-corrected chi connectivity index (χ0v) is 10.4. The molecule has 2 rings (SSSR count). The highest BCUT2D eigenvalue weighted by Crippen LogP contribution is 2.22. The van der Waals surface area contributed by atoms with Gasteiger partial charge in [0.1, 0.15) is 5.82 Å².